The first-order valence-electron chi connectivity index (χ1n) is 7.44. The fraction of sp³-hybridized carbons (Fsp3) is 0.412. The largest absolute Gasteiger partial charge is 0.544 e. The number of nitrogens with zero attached hydrogens (tertiary/aromatic N) is 1. The highest BCUT2D eigenvalue weighted by atomic mass is 32.1. The van der Waals surface area contributed by atoms with Crippen LogP contribution in [0.2, 0.25) is 0 Å². The van der Waals surface area contributed by atoms with E-state index in [9.17, 15) is 9.90 Å². The number of carboxylic acids is 1. The van der Waals surface area contributed by atoms with Gasteiger partial charge in [0.2, 0.25) is 0 Å². The van der Waals surface area contributed by atoms with Gasteiger partial charge in [0.05, 0.1) is 23.1 Å². The third kappa shape index (κ3) is 4.45. The van der Waals surface area contributed by atoms with E-state index in [1.165, 1.54) is 0 Å². The van der Waals surface area contributed by atoms with Gasteiger partial charge in [-0.3, -0.25) is 0 Å². The number of para-hydroxylation sites is 1. The van der Waals surface area contributed by atoms with Gasteiger partial charge in [0.1, 0.15) is 12.4 Å². The predicted octanol–water partition coefficient (Wildman–Crippen LogP) is 2.60. The highest BCUT2D eigenvalue weighted by Crippen LogP contribution is 2.30. The fourth-order valence-corrected chi connectivity index (χ4v) is 3.02. The highest BCUT2D eigenvalue weighted by molar-refractivity contribution is 7.17. The number of hydrogen-bond donors (Lipinski definition) is 1. The molecule has 0 aliphatic rings. The second kappa shape index (κ2) is 7.00. The summed E-state index contributed by atoms with van der Waals surface area (Å²) in [6.45, 7) is 9.10. The molecule has 0 aliphatic carbocycles. The van der Waals surface area contributed by atoms with Crippen molar-refractivity contribution in [3.8, 4) is 5.75 Å². The van der Waals surface area contributed by atoms with Crippen molar-refractivity contribution < 1.29 is 14.6 Å². The van der Waals surface area contributed by atoms with Crippen molar-refractivity contribution in [2.75, 3.05) is 18.5 Å². The summed E-state index contributed by atoms with van der Waals surface area (Å²) in [5.41, 5.74) is 1.64. The molecule has 0 unspecified atom stereocenters. The van der Waals surface area contributed by atoms with Gasteiger partial charge in [-0.25, -0.2) is 4.98 Å². The third-order valence-electron chi connectivity index (χ3n) is 3.31. The molecule has 0 saturated carbocycles. The maximum absolute atomic E-state index is 10.9. The number of thiazole rings is 1. The zero-order chi connectivity index (χ0) is 17.0. The molecular weight excluding hydrogens is 312 g/mol. The summed E-state index contributed by atoms with van der Waals surface area (Å²) in [4.78, 5) is 15.2. The Morgan fingerprint density at radius 3 is 2.65 bits per heavy atom. The van der Waals surface area contributed by atoms with Crippen molar-refractivity contribution in [2.45, 2.75) is 33.1 Å². The molecule has 124 valence electrons. The van der Waals surface area contributed by atoms with Crippen LogP contribution in [0.4, 0.5) is 5.13 Å². The Morgan fingerprint density at radius 1 is 1.35 bits per heavy atom. The minimum absolute atomic E-state index is 0.0137. The van der Waals surface area contributed by atoms with Crippen LogP contribution in [-0.2, 0) is 5.41 Å². The average Bonchev–Trinajstić information content (AvgIpc) is 2.84. The Morgan fingerprint density at radius 2 is 2.04 bits per heavy atom. The number of ether oxygens (including phenoxy) is 1. The van der Waals surface area contributed by atoms with Gasteiger partial charge in [-0.1, -0.05) is 50.3 Å². The van der Waals surface area contributed by atoms with Crippen molar-refractivity contribution in [3.63, 3.8) is 0 Å². The summed E-state index contributed by atoms with van der Waals surface area (Å²) < 4.78 is 5.86. The number of aromatic carboxylic acids is 1. The molecular formula is C17H21N2O3S-. The molecule has 0 atom stereocenters. The molecule has 2 aromatic rings. The van der Waals surface area contributed by atoms with Gasteiger partial charge in [-0.15, -0.1) is 0 Å². The molecule has 1 N–H and O–H groups in total. The molecule has 0 saturated heterocycles. The molecule has 23 heavy (non-hydrogen) atoms. The molecule has 2 rings (SSSR count). The van der Waals surface area contributed by atoms with Crippen LogP contribution in [0.5, 0.6) is 5.75 Å². The maximum atomic E-state index is 10.9. The Labute approximate surface area is 140 Å². The summed E-state index contributed by atoms with van der Waals surface area (Å²) >= 11 is 1.08. The zero-order valence-electron chi connectivity index (χ0n) is 13.8. The van der Waals surface area contributed by atoms with Crippen LogP contribution >= 0.6 is 11.3 Å². The minimum atomic E-state index is -1.19. The topological polar surface area (TPSA) is 74.3 Å². The molecule has 1 aromatic carbocycles. The van der Waals surface area contributed by atoms with E-state index in [0.29, 0.717) is 24.0 Å². The van der Waals surface area contributed by atoms with E-state index in [2.05, 4.69) is 37.1 Å². The minimum Gasteiger partial charge on any atom is -0.544 e. The normalized spacial score (nSPS) is 11.3. The number of hydrogen-bond acceptors (Lipinski definition) is 6. The quantitative estimate of drug-likeness (QED) is 0.823. The first kappa shape index (κ1) is 17.3. The van der Waals surface area contributed by atoms with Crippen LogP contribution in [0, 0.1) is 6.92 Å². The number of carboxylic acid groups (broad SMARTS) is 1. The molecule has 6 heteroatoms. The number of rotatable bonds is 6. The molecule has 0 radical (unpaired) electrons. The Bertz CT molecular complexity index is 689. The first-order valence-corrected chi connectivity index (χ1v) is 8.25. The van der Waals surface area contributed by atoms with Crippen LogP contribution in [0.15, 0.2) is 24.3 Å². The van der Waals surface area contributed by atoms with Gasteiger partial charge >= 0.3 is 0 Å². The molecule has 0 spiro atoms. The lowest BCUT2D eigenvalue weighted by Gasteiger charge is -2.22. The SMILES string of the molecule is Cc1nc(NCCOc2ccccc2C(C)(C)C)sc1C(=O)[O-]. The Hall–Kier alpha value is -2.08. The number of aryl methyl sites for hydroxylation is 1. The predicted molar refractivity (Wildman–Crippen MR) is 90.3 cm³/mol. The summed E-state index contributed by atoms with van der Waals surface area (Å²) in [7, 11) is 0. The molecule has 1 aromatic heterocycles. The van der Waals surface area contributed by atoms with Crippen molar-refractivity contribution in [1.82, 2.24) is 4.98 Å². The Kier molecular flexibility index (Phi) is 5.26. The molecule has 1 heterocycles. The average molecular weight is 333 g/mol. The van der Waals surface area contributed by atoms with E-state index in [1.54, 1.807) is 6.92 Å². The van der Waals surface area contributed by atoms with Crippen molar-refractivity contribution in [2.24, 2.45) is 0 Å². The zero-order valence-corrected chi connectivity index (χ0v) is 14.6. The number of anilines is 1. The van der Waals surface area contributed by atoms with Gasteiger partial charge < -0.3 is 20.0 Å². The van der Waals surface area contributed by atoms with Crippen molar-refractivity contribution >= 4 is 22.4 Å². The summed E-state index contributed by atoms with van der Waals surface area (Å²) in [5, 5.41) is 14.5. The maximum Gasteiger partial charge on any atom is 0.183 e. The van der Waals surface area contributed by atoms with E-state index in [0.717, 1.165) is 22.6 Å². The second-order valence-electron chi connectivity index (χ2n) is 6.24. The van der Waals surface area contributed by atoms with Gasteiger partial charge in [0.25, 0.3) is 0 Å². The lowest BCUT2D eigenvalue weighted by atomic mass is 9.86. The van der Waals surface area contributed by atoms with Crippen molar-refractivity contribution in [3.05, 3.63) is 40.4 Å². The number of aromatic nitrogens is 1. The number of carbonyl (C=O) groups is 1. The van der Waals surface area contributed by atoms with E-state index in [4.69, 9.17) is 4.74 Å². The van der Waals surface area contributed by atoms with Crippen LogP contribution in [0.3, 0.4) is 0 Å². The third-order valence-corrected chi connectivity index (χ3v) is 4.41. The van der Waals surface area contributed by atoms with Gasteiger partial charge in [-0.05, 0) is 24.0 Å². The molecule has 5 nitrogen and oxygen atoms in total. The standard InChI is InChI=1S/C17H22N2O3S/c1-11-14(15(20)21)23-16(19-11)18-9-10-22-13-8-6-5-7-12(13)17(2,3)4/h5-8H,9-10H2,1-4H3,(H,18,19)(H,20,21)/p-1. The van der Waals surface area contributed by atoms with Crippen LogP contribution in [-0.4, -0.2) is 24.1 Å². The molecule has 0 amide bonds. The number of nitrogens with one attached hydrogen (secondary N) is 1. The van der Waals surface area contributed by atoms with Gasteiger partial charge in [-0.2, -0.15) is 0 Å². The van der Waals surface area contributed by atoms with Crippen LogP contribution in [0.25, 0.3) is 0 Å². The number of benzene rings is 1. The lowest BCUT2D eigenvalue weighted by molar-refractivity contribution is -0.254. The van der Waals surface area contributed by atoms with Crippen LogP contribution in [0.1, 0.15) is 41.7 Å². The first-order chi connectivity index (χ1) is 10.8. The smallest absolute Gasteiger partial charge is 0.183 e. The Balaban J connectivity index is 1.92. The molecule has 0 aliphatic heterocycles. The molecule has 0 bridgehead atoms. The summed E-state index contributed by atoms with van der Waals surface area (Å²) in [6, 6.07) is 7.99. The van der Waals surface area contributed by atoms with Crippen LogP contribution < -0.4 is 15.2 Å². The van der Waals surface area contributed by atoms with Gasteiger partial charge in [0.15, 0.2) is 5.13 Å². The molecule has 0 fully saturated rings. The summed E-state index contributed by atoms with van der Waals surface area (Å²) in [5.74, 6) is -0.323. The lowest BCUT2D eigenvalue weighted by Crippen LogP contribution is -2.21. The fourth-order valence-electron chi connectivity index (χ4n) is 2.19. The van der Waals surface area contributed by atoms with E-state index < -0.39 is 5.97 Å². The van der Waals surface area contributed by atoms with Gasteiger partial charge in [0, 0.05) is 0 Å². The van der Waals surface area contributed by atoms with E-state index in [1.807, 2.05) is 18.2 Å². The van der Waals surface area contributed by atoms with Crippen molar-refractivity contribution in [1.29, 1.82) is 0 Å². The number of carbonyl (C=O) groups excluding carboxylic acids is 1. The monoisotopic (exact) mass is 333 g/mol. The van der Waals surface area contributed by atoms with E-state index >= 15 is 0 Å². The second-order valence-corrected chi connectivity index (χ2v) is 7.24. The van der Waals surface area contributed by atoms with E-state index in [-0.39, 0.29) is 10.3 Å². The summed E-state index contributed by atoms with van der Waals surface area (Å²) in [6.07, 6.45) is 0. The highest BCUT2D eigenvalue weighted by Gasteiger charge is 2.18.